The molecular weight excluding hydrogens is 124 g/mol. The molecule has 0 radical (unpaired) electrons. The molecule has 1 saturated carbocycles. The van der Waals surface area contributed by atoms with Crippen LogP contribution in [0.25, 0.3) is 0 Å². The van der Waals surface area contributed by atoms with Gasteiger partial charge in [-0.2, -0.15) is 0 Å². The molecule has 0 bridgehead atoms. The van der Waals surface area contributed by atoms with Crippen molar-refractivity contribution in [2.75, 3.05) is 0 Å². The average Bonchev–Trinajstić information content (AvgIpc) is 1.94. The summed E-state index contributed by atoms with van der Waals surface area (Å²) in [5.74, 6) is 0.443. The molecule has 0 heterocycles. The van der Waals surface area contributed by atoms with Crippen LogP contribution in [0.5, 0.6) is 0 Å². The second kappa shape index (κ2) is 3.77. The second-order valence-corrected chi connectivity index (χ2v) is 3.04. The lowest BCUT2D eigenvalue weighted by atomic mass is 9.86. The van der Waals surface area contributed by atoms with Gasteiger partial charge >= 0.3 is 0 Å². The maximum Gasteiger partial charge on any atom is 0.0602 e. The molecule has 0 aromatic heterocycles. The van der Waals surface area contributed by atoms with Gasteiger partial charge in [0.15, 0.2) is 0 Å². The SMILES string of the molecule is CC=CC1CCCCC1O. The lowest BCUT2D eigenvalue weighted by molar-refractivity contribution is 0.0927. The van der Waals surface area contributed by atoms with Gasteiger partial charge in [-0.15, -0.1) is 0 Å². The third-order valence-corrected chi connectivity index (χ3v) is 2.22. The normalized spacial score (nSPS) is 35.0. The highest BCUT2D eigenvalue weighted by molar-refractivity contribution is 4.91. The standard InChI is InChI=1S/C9H16O/c1-2-5-8-6-3-4-7-9(8)10/h2,5,8-10H,3-4,6-7H2,1H3. The van der Waals surface area contributed by atoms with Gasteiger partial charge in [-0.3, -0.25) is 0 Å². The molecule has 0 spiro atoms. The topological polar surface area (TPSA) is 20.2 Å². The van der Waals surface area contributed by atoms with Gasteiger partial charge in [0.1, 0.15) is 0 Å². The Hall–Kier alpha value is -0.300. The van der Waals surface area contributed by atoms with Crippen LogP contribution < -0.4 is 0 Å². The van der Waals surface area contributed by atoms with Crippen LogP contribution in [0.3, 0.4) is 0 Å². The Balaban J connectivity index is 2.39. The summed E-state index contributed by atoms with van der Waals surface area (Å²) in [7, 11) is 0. The van der Waals surface area contributed by atoms with Crippen molar-refractivity contribution in [2.24, 2.45) is 5.92 Å². The molecule has 0 saturated heterocycles. The predicted octanol–water partition coefficient (Wildman–Crippen LogP) is 2.11. The molecular formula is C9H16O. The van der Waals surface area contributed by atoms with E-state index in [1.165, 1.54) is 19.3 Å². The van der Waals surface area contributed by atoms with Crippen LogP contribution >= 0.6 is 0 Å². The van der Waals surface area contributed by atoms with E-state index in [0.29, 0.717) is 5.92 Å². The van der Waals surface area contributed by atoms with E-state index >= 15 is 0 Å². The molecule has 1 N–H and O–H groups in total. The lowest BCUT2D eigenvalue weighted by Gasteiger charge is -2.24. The molecule has 2 atom stereocenters. The summed E-state index contributed by atoms with van der Waals surface area (Å²) in [6, 6.07) is 0. The number of aliphatic hydroxyl groups excluding tert-OH is 1. The summed E-state index contributed by atoms with van der Waals surface area (Å²) in [5, 5.41) is 9.45. The Labute approximate surface area is 62.8 Å². The maximum atomic E-state index is 9.45. The van der Waals surface area contributed by atoms with Crippen LogP contribution in [0, 0.1) is 5.92 Å². The van der Waals surface area contributed by atoms with E-state index in [1.54, 1.807) is 0 Å². The molecule has 2 unspecified atom stereocenters. The molecule has 0 aromatic carbocycles. The number of allylic oxidation sites excluding steroid dienone is 1. The fourth-order valence-corrected chi connectivity index (χ4v) is 1.61. The van der Waals surface area contributed by atoms with E-state index in [2.05, 4.69) is 6.08 Å². The van der Waals surface area contributed by atoms with Gasteiger partial charge in [-0.05, 0) is 19.8 Å². The van der Waals surface area contributed by atoms with Crippen LogP contribution in [0.2, 0.25) is 0 Å². The monoisotopic (exact) mass is 140 g/mol. The van der Waals surface area contributed by atoms with Crippen molar-refractivity contribution >= 4 is 0 Å². The van der Waals surface area contributed by atoms with E-state index in [0.717, 1.165) is 6.42 Å². The first-order valence-corrected chi connectivity index (χ1v) is 4.15. The first-order chi connectivity index (χ1) is 4.84. The molecule has 0 amide bonds. The lowest BCUT2D eigenvalue weighted by Crippen LogP contribution is -2.22. The summed E-state index contributed by atoms with van der Waals surface area (Å²) in [4.78, 5) is 0. The minimum atomic E-state index is -0.0649. The quantitative estimate of drug-likeness (QED) is 0.553. The number of rotatable bonds is 1. The smallest absolute Gasteiger partial charge is 0.0602 e. The first kappa shape index (κ1) is 7.80. The number of hydrogen-bond acceptors (Lipinski definition) is 1. The van der Waals surface area contributed by atoms with Crippen LogP contribution in [0.4, 0.5) is 0 Å². The Kier molecular flexibility index (Phi) is 2.94. The highest BCUT2D eigenvalue weighted by Gasteiger charge is 2.19. The fourth-order valence-electron chi connectivity index (χ4n) is 1.61. The van der Waals surface area contributed by atoms with Crippen LogP contribution in [0.15, 0.2) is 12.2 Å². The summed E-state index contributed by atoms with van der Waals surface area (Å²) in [6.45, 7) is 2.02. The van der Waals surface area contributed by atoms with Crippen molar-refractivity contribution in [3.63, 3.8) is 0 Å². The van der Waals surface area contributed by atoms with E-state index in [9.17, 15) is 5.11 Å². The molecule has 1 rings (SSSR count). The van der Waals surface area contributed by atoms with Gasteiger partial charge in [-0.1, -0.05) is 25.0 Å². The molecule has 0 aliphatic heterocycles. The molecule has 0 aromatic rings. The third kappa shape index (κ3) is 1.84. The van der Waals surface area contributed by atoms with Crippen LogP contribution in [-0.2, 0) is 0 Å². The van der Waals surface area contributed by atoms with Crippen molar-refractivity contribution in [3.05, 3.63) is 12.2 Å². The molecule has 1 heteroatoms. The van der Waals surface area contributed by atoms with E-state index < -0.39 is 0 Å². The van der Waals surface area contributed by atoms with E-state index in [1.807, 2.05) is 13.0 Å². The fraction of sp³-hybridized carbons (Fsp3) is 0.778. The Morgan fingerprint density at radius 2 is 2.00 bits per heavy atom. The van der Waals surface area contributed by atoms with Crippen molar-refractivity contribution in [3.8, 4) is 0 Å². The van der Waals surface area contributed by atoms with Crippen molar-refractivity contribution in [2.45, 2.75) is 38.7 Å². The number of aliphatic hydroxyl groups is 1. The van der Waals surface area contributed by atoms with Crippen LogP contribution in [-0.4, -0.2) is 11.2 Å². The minimum Gasteiger partial charge on any atom is -0.393 e. The van der Waals surface area contributed by atoms with Gasteiger partial charge in [0.05, 0.1) is 6.10 Å². The largest absolute Gasteiger partial charge is 0.393 e. The van der Waals surface area contributed by atoms with Gasteiger partial charge in [0, 0.05) is 5.92 Å². The van der Waals surface area contributed by atoms with Gasteiger partial charge in [0.2, 0.25) is 0 Å². The predicted molar refractivity (Wildman–Crippen MR) is 42.8 cm³/mol. The summed E-state index contributed by atoms with van der Waals surface area (Å²) in [6.07, 6.45) is 8.76. The van der Waals surface area contributed by atoms with Gasteiger partial charge < -0.3 is 5.11 Å². The zero-order valence-corrected chi connectivity index (χ0v) is 6.59. The summed E-state index contributed by atoms with van der Waals surface area (Å²) in [5.41, 5.74) is 0. The Bertz CT molecular complexity index is 118. The third-order valence-electron chi connectivity index (χ3n) is 2.22. The molecule has 1 fully saturated rings. The van der Waals surface area contributed by atoms with Crippen LogP contribution in [0.1, 0.15) is 32.6 Å². The Morgan fingerprint density at radius 3 is 2.60 bits per heavy atom. The molecule has 1 aliphatic carbocycles. The van der Waals surface area contributed by atoms with Crippen molar-refractivity contribution in [1.29, 1.82) is 0 Å². The van der Waals surface area contributed by atoms with Crippen molar-refractivity contribution < 1.29 is 5.11 Å². The molecule has 1 aliphatic rings. The zero-order valence-electron chi connectivity index (χ0n) is 6.59. The summed E-state index contributed by atoms with van der Waals surface area (Å²) >= 11 is 0. The highest BCUT2D eigenvalue weighted by Crippen LogP contribution is 2.24. The molecule has 10 heavy (non-hydrogen) atoms. The molecule has 58 valence electrons. The van der Waals surface area contributed by atoms with E-state index in [4.69, 9.17) is 0 Å². The number of hydrogen-bond donors (Lipinski definition) is 1. The van der Waals surface area contributed by atoms with E-state index in [-0.39, 0.29) is 6.10 Å². The summed E-state index contributed by atoms with van der Waals surface area (Å²) < 4.78 is 0. The maximum absolute atomic E-state index is 9.45. The second-order valence-electron chi connectivity index (χ2n) is 3.04. The first-order valence-electron chi connectivity index (χ1n) is 4.15. The average molecular weight is 140 g/mol. The van der Waals surface area contributed by atoms with Crippen molar-refractivity contribution in [1.82, 2.24) is 0 Å². The molecule has 1 nitrogen and oxygen atoms in total. The van der Waals surface area contributed by atoms with Gasteiger partial charge in [0.25, 0.3) is 0 Å². The van der Waals surface area contributed by atoms with Gasteiger partial charge in [-0.25, -0.2) is 0 Å². The highest BCUT2D eigenvalue weighted by atomic mass is 16.3. The minimum absolute atomic E-state index is 0.0649. The Morgan fingerprint density at radius 1 is 1.30 bits per heavy atom. The zero-order chi connectivity index (χ0) is 7.40.